The molecule has 0 radical (unpaired) electrons. The van der Waals surface area contributed by atoms with Gasteiger partial charge in [-0.15, -0.1) is 0 Å². The first kappa shape index (κ1) is 14.7. The molecule has 0 bridgehead atoms. The van der Waals surface area contributed by atoms with Crippen molar-refractivity contribution in [2.24, 2.45) is 4.99 Å². The Morgan fingerprint density at radius 1 is 1.47 bits per heavy atom. The van der Waals surface area contributed by atoms with Crippen molar-refractivity contribution >= 4 is 38.5 Å². The lowest BCUT2D eigenvalue weighted by molar-refractivity contribution is -0.136. The van der Waals surface area contributed by atoms with Gasteiger partial charge in [0, 0.05) is 9.72 Å². The molecule has 0 fully saturated rings. The molecule has 2 nitrogen and oxygen atoms in total. The molecule has 0 spiro atoms. The zero-order valence-electron chi connectivity index (χ0n) is 10.1. The summed E-state index contributed by atoms with van der Waals surface area (Å²) in [5, 5.41) is 3.69. The van der Waals surface area contributed by atoms with Crippen LogP contribution in [0.3, 0.4) is 0 Å². The van der Waals surface area contributed by atoms with Crippen molar-refractivity contribution < 1.29 is 13.2 Å². The number of halogens is 4. The number of hydrogen-bond acceptors (Lipinski definition) is 3. The number of anilines is 1. The smallest absolute Gasteiger partial charge is 0.334 e. The van der Waals surface area contributed by atoms with Crippen molar-refractivity contribution in [2.45, 2.75) is 24.8 Å². The number of benzene rings is 1. The topological polar surface area (TPSA) is 24.4 Å². The summed E-state index contributed by atoms with van der Waals surface area (Å²) in [6.45, 7) is 2.69. The normalized spacial score (nSPS) is 19.4. The molecule has 1 aliphatic heterocycles. The van der Waals surface area contributed by atoms with Gasteiger partial charge in [-0.2, -0.15) is 13.2 Å². The first-order chi connectivity index (χ1) is 8.90. The molecule has 0 saturated heterocycles. The molecule has 2 rings (SSSR count). The molecule has 1 unspecified atom stereocenters. The monoisotopic (exact) mass is 352 g/mol. The fourth-order valence-corrected chi connectivity index (χ4v) is 2.98. The highest BCUT2D eigenvalue weighted by Crippen LogP contribution is 2.37. The summed E-state index contributed by atoms with van der Waals surface area (Å²) in [4.78, 5) is 4.22. The summed E-state index contributed by atoms with van der Waals surface area (Å²) < 4.78 is 39.2. The molecule has 1 aromatic rings. The van der Waals surface area contributed by atoms with Crippen LogP contribution in [-0.4, -0.2) is 17.0 Å². The van der Waals surface area contributed by atoms with Crippen LogP contribution in [-0.2, 0) is 6.18 Å². The van der Waals surface area contributed by atoms with Crippen molar-refractivity contribution in [1.82, 2.24) is 0 Å². The van der Waals surface area contributed by atoms with Crippen LogP contribution in [0.1, 0.15) is 18.9 Å². The molecule has 7 heteroatoms. The van der Waals surface area contributed by atoms with Crippen LogP contribution in [0.2, 0.25) is 0 Å². The Morgan fingerprint density at radius 2 is 2.21 bits per heavy atom. The first-order valence-corrected chi connectivity index (χ1v) is 7.42. The Hall–Kier alpha value is -0.690. The Balaban J connectivity index is 2.21. The van der Waals surface area contributed by atoms with Gasteiger partial charge in [0.15, 0.2) is 5.17 Å². The second kappa shape index (κ2) is 5.75. The Bertz CT molecular complexity index is 502. The fourth-order valence-electron chi connectivity index (χ4n) is 1.67. The molecule has 1 N–H and O–H groups in total. The van der Waals surface area contributed by atoms with Crippen LogP contribution in [0.4, 0.5) is 18.9 Å². The van der Waals surface area contributed by atoms with E-state index >= 15 is 0 Å². The predicted molar refractivity (Wildman–Crippen MR) is 76.7 cm³/mol. The molecule has 0 saturated carbocycles. The van der Waals surface area contributed by atoms with Crippen LogP contribution < -0.4 is 5.32 Å². The number of alkyl halides is 3. The lowest BCUT2D eigenvalue weighted by Crippen LogP contribution is -2.14. The van der Waals surface area contributed by atoms with Crippen LogP contribution in [0, 0.1) is 0 Å². The minimum absolute atomic E-state index is 0.0405. The number of nitrogens with zero attached hydrogens (tertiary/aromatic N) is 1. The number of nitrogens with one attached hydrogen (secondary N) is 1. The van der Waals surface area contributed by atoms with Gasteiger partial charge in [-0.05, 0) is 24.6 Å². The molecule has 0 aromatic heterocycles. The minimum Gasteiger partial charge on any atom is -0.334 e. The fraction of sp³-hybridized carbons (Fsp3) is 0.417. The molecule has 1 heterocycles. The maximum Gasteiger partial charge on any atom is 0.418 e. The third-order valence-corrected chi connectivity index (χ3v) is 4.46. The van der Waals surface area contributed by atoms with E-state index < -0.39 is 11.7 Å². The average Bonchev–Trinajstić information content (AvgIpc) is 2.78. The second-order valence-electron chi connectivity index (χ2n) is 4.11. The standard InChI is InChI=1S/C12H12BrF3N2S/c1-2-8-6-17-11(19-8)18-10-4-3-7(13)5-9(10)12(14,15)16/h3-5,8H,2,6H2,1H3,(H,17,18). The van der Waals surface area contributed by atoms with E-state index in [1.807, 2.05) is 6.92 Å². The van der Waals surface area contributed by atoms with E-state index in [4.69, 9.17) is 0 Å². The number of rotatable bonds is 2. The van der Waals surface area contributed by atoms with Gasteiger partial charge in [-0.25, -0.2) is 0 Å². The molecule has 0 aliphatic carbocycles. The largest absolute Gasteiger partial charge is 0.418 e. The van der Waals surface area contributed by atoms with Gasteiger partial charge in [0.05, 0.1) is 17.8 Å². The second-order valence-corrected chi connectivity index (χ2v) is 6.31. The van der Waals surface area contributed by atoms with E-state index in [0.29, 0.717) is 21.4 Å². The highest BCUT2D eigenvalue weighted by molar-refractivity contribution is 9.10. The Kier molecular flexibility index (Phi) is 4.45. The van der Waals surface area contributed by atoms with E-state index in [1.165, 1.54) is 17.8 Å². The van der Waals surface area contributed by atoms with Gasteiger partial charge in [0.2, 0.25) is 0 Å². The summed E-state index contributed by atoms with van der Waals surface area (Å²) in [7, 11) is 0. The van der Waals surface area contributed by atoms with Crippen LogP contribution in [0.5, 0.6) is 0 Å². The summed E-state index contributed by atoms with van der Waals surface area (Å²) in [5.41, 5.74) is -0.649. The number of amidine groups is 1. The zero-order valence-corrected chi connectivity index (χ0v) is 12.5. The molecule has 0 amide bonds. The highest BCUT2D eigenvalue weighted by Gasteiger charge is 2.34. The van der Waals surface area contributed by atoms with Crippen molar-refractivity contribution in [2.75, 3.05) is 11.9 Å². The third-order valence-electron chi connectivity index (χ3n) is 2.70. The van der Waals surface area contributed by atoms with Gasteiger partial charge in [0.1, 0.15) is 0 Å². The SMILES string of the molecule is CCC1CN=C(Nc2ccc(Br)cc2C(F)(F)F)S1. The molecule has 1 aliphatic rings. The number of thioether (sulfide) groups is 1. The van der Waals surface area contributed by atoms with Gasteiger partial charge in [0.25, 0.3) is 0 Å². The predicted octanol–water partition coefficient (Wildman–Crippen LogP) is 4.76. The summed E-state index contributed by atoms with van der Waals surface area (Å²) >= 11 is 4.55. The maximum absolute atomic E-state index is 12.9. The van der Waals surface area contributed by atoms with E-state index in [-0.39, 0.29) is 5.69 Å². The van der Waals surface area contributed by atoms with Crippen LogP contribution in [0.15, 0.2) is 27.7 Å². The van der Waals surface area contributed by atoms with Gasteiger partial charge < -0.3 is 5.32 Å². The quantitative estimate of drug-likeness (QED) is 0.829. The van der Waals surface area contributed by atoms with Crippen molar-refractivity contribution in [3.63, 3.8) is 0 Å². The van der Waals surface area contributed by atoms with E-state index in [2.05, 4.69) is 26.2 Å². The van der Waals surface area contributed by atoms with Gasteiger partial charge >= 0.3 is 6.18 Å². The number of hydrogen-bond donors (Lipinski definition) is 1. The molecular formula is C12H12BrF3N2S. The molecule has 1 aromatic carbocycles. The molecule has 104 valence electrons. The molecular weight excluding hydrogens is 341 g/mol. The van der Waals surface area contributed by atoms with E-state index in [9.17, 15) is 13.2 Å². The highest BCUT2D eigenvalue weighted by atomic mass is 79.9. The van der Waals surface area contributed by atoms with Gasteiger partial charge in [-0.1, -0.05) is 34.6 Å². The van der Waals surface area contributed by atoms with Crippen LogP contribution in [0.25, 0.3) is 0 Å². The van der Waals surface area contributed by atoms with Crippen LogP contribution >= 0.6 is 27.7 Å². The van der Waals surface area contributed by atoms with Crippen molar-refractivity contribution in [3.05, 3.63) is 28.2 Å². The minimum atomic E-state index is -4.39. The van der Waals surface area contributed by atoms with Crippen molar-refractivity contribution in [1.29, 1.82) is 0 Å². The average molecular weight is 353 g/mol. The number of aliphatic imine (C=N–C) groups is 1. The summed E-state index contributed by atoms with van der Waals surface area (Å²) in [5.74, 6) is 0. The summed E-state index contributed by atoms with van der Waals surface area (Å²) in [6, 6.07) is 4.06. The summed E-state index contributed by atoms with van der Waals surface area (Å²) in [6.07, 6.45) is -3.44. The van der Waals surface area contributed by atoms with E-state index in [1.54, 1.807) is 6.07 Å². The van der Waals surface area contributed by atoms with Crippen molar-refractivity contribution in [3.8, 4) is 0 Å². The zero-order chi connectivity index (χ0) is 14.0. The Labute approximate surface area is 122 Å². The molecule has 19 heavy (non-hydrogen) atoms. The first-order valence-electron chi connectivity index (χ1n) is 5.75. The third kappa shape index (κ3) is 3.66. The maximum atomic E-state index is 12.9. The lowest BCUT2D eigenvalue weighted by Gasteiger charge is -2.15. The molecule has 1 atom stereocenters. The lowest BCUT2D eigenvalue weighted by atomic mass is 10.2. The van der Waals surface area contributed by atoms with E-state index in [0.717, 1.165) is 12.5 Å². The Morgan fingerprint density at radius 3 is 2.79 bits per heavy atom. The van der Waals surface area contributed by atoms with Gasteiger partial charge in [-0.3, -0.25) is 4.99 Å².